The van der Waals surface area contributed by atoms with Crippen molar-refractivity contribution in [3.8, 4) is 0 Å². The fraction of sp³-hybridized carbons (Fsp3) is 0.312. The maximum absolute atomic E-state index is 12.3. The third-order valence-corrected chi connectivity index (χ3v) is 4.43. The summed E-state index contributed by atoms with van der Waals surface area (Å²) in [5.41, 5.74) is 7.93. The molecule has 2 rings (SSSR count). The van der Waals surface area contributed by atoms with E-state index in [0.717, 1.165) is 5.56 Å². The number of likely N-dealkylation sites (N-methyl/N-ethyl adjacent to an activating group) is 1. The van der Waals surface area contributed by atoms with Gasteiger partial charge in [0.05, 0.1) is 6.04 Å². The first-order valence-electron chi connectivity index (χ1n) is 6.83. The van der Waals surface area contributed by atoms with E-state index < -0.39 is 0 Å². The molecule has 1 unspecified atom stereocenters. The summed E-state index contributed by atoms with van der Waals surface area (Å²) in [4.78, 5) is 15.7. The third-order valence-electron chi connectivity index (χ3n) is 3.46. The molecule has 0 saturated heterocycles. The lowest BCUT2D eigenvalue weighted by molar-refractivity contribution is 0.0941. The van der Waals surface area contributed by atoms with Gasteiger partial charge in [-0.05, 0) is 50.2 Å². The van der Waals surface area contributed by atoms with Gasteiger partial charge in [0.1, 0.15) is 0 Å². The largest absolute Gasteiger partial charge is 0.399 e. The van der Waals surface area contributed by atoms with Crippen LogP contribution < -0.4 is 11.1 Å². The van der Waals surface area contributed by atoms with Crippen LogP contribution in [-0.2, 0) is 0 Å². The molecule has 1 amide bonds. The Hall–Kier alpha value is -1.85. The molecule has 0 aliphatic rings. The van der Waals surface area contributed by atoms with Crippen molar-refractivity contribution in [2.75, 3.05) is 26.4 Å². The summed E-state index contributed by atoms with van der Waals surface area (Å²) < 4.78 is 0. The Morgan fingerprint density at radius 1 is 1.38 bits per heavy atom. The first-order chi connectivity index (χ1) is 9.99. The fourth-order valence-electron chi connectivity index (χ4n) is 2.19. The zero-order valence-corrected chi connectivity index (χ0v) is 13.4. The molecule has 1 heterocycles. The molecule has 112 valence electrons. The molecule has 3 N–H and O–H groups in total. The Bertz CT molecular complexity index is 608. The van der Waals surface area contributed by atoms with E-state index in [1.807, 2.05) is 33.2 Å². The van der Waals surface area contributed by atoms with Gasteiger partial charge in [-0.2, -0.15) is 0 Å². The van der Waals surface area contributed by atoms with Gasteiger partial charge in [-0.3, -0.25) is 4.79 Å². The highest BCUT2D eigenvalue weighted by Gasteiger charge is 2.17. The van der Waals surface area contributed by atoms with E-state index in [4.69, 9.17) is 5.73 Å². The maximum atomic E-state index is 12.3. The molecular weight excluding hydrogens is 282 g/mol. The summed E-state index contributed by atoms with van der Waals surface area (Å²) in [6, 6.07) is 9.69. The van der Waals surface area contributed by atoms with Crippen LogP contribution in [0.5, 0.6) is 0 Å². The lowest BCUT2D eigenvalue weighted by Crippen LogP contribution is -2.34. The van der Waals surface area contributed by atoms with Crippen LogP contribution in [-0.4, -0.2) is 31.4 Å². The molecule has 21 heavy (non-hydrogen) atoms. The molecule has 0 bridgehead atoms. The second-order valence-electron chi connectivity index (χ2n) is 5.28. The molecule has 0 saturated carbocycles. The van der Waals surface area contributed by atoms with Crippen molar-refractivity contribution in [1.82, 2.24) is 10.2 Å². The third kappa shape index (κ3) is 3.83. The molecule has 0 aliphatic carbocycles. The number of hydrogen-bond donors (Lipinski definition) is 2. The number of rotatable bonds is 5. The van der Waals surface area contributed by atoms with E-state index in [2.05, 4.69) is 21.7 Å². The monoisotopic (exact) mass is 303 g/mol. The summed E-state index contributed by atoms with van der Waals surface area (Å²) in [7, 11) is 4.03. The molecule has 1 aromatic carbocycles. The zero-order valence-electron chi connectivity index (χ0n) is 12.6. The van der Waals surface area contributed by atoms with Crippen LogP contribution in [0.2, 0.25) is 0 Å². The lowest BCUT2D eigenvalue weighted by atomic mass is 10.1. The number of aryl methyl sites for hydroxylation is 1. The van der Waals surface area contributed by atoms with Crippen LogP contribution in [0.3, 0.4) is 0 Å². The molecule has 2 aromatic rings. The van der Waals surface area contributed by atoms with Crippen molar-refractivity contribution in [2.24, 2.45) is 0 Å². The Morgan fingerprint density at radius 2 is 2.14 bits per heavy atom. The molecule has 0 aliphatic heterocycles. The number of carbonyl (C=O) groups is 1. The quantitative estimate of drug-likeness (QED) is 0.835. The SMILES string of the molecule is Cc1ccc(N)cc1C(=O)NCC(c1cccs1)N(C)C. The Morgan fingerprint density at radius 3 is 2.76 bits per heavy atom. The molecule has 1 atom stereocenters. The van der Waals surface area contributed by atoms with E-state index >= 15 is 0 Å². The molecule has 5 heteroatoms. The minimum absolute atomic E-state index is 0.0804. The molecular formula is C16H21N3OS. The van der Waals surface area contributed by atoms with Gasteiger partial charge in [0.15, 0.2) is 0 Å². The highest BCUT2D eigenvalue weighted by atomic mass is 32.1. The minimum Gasteiger partial charge on any atom is -0.399 e. The number of nitrogens with two attached hydrogens (primary N) is 1. The number of hydrogen-bond acceptors (Lipinski definition) is 4. The normalized spacial score (nSPS) is 12.4. The van der Waals surface area contributed by atoms with Crippen molar-refractivity contribution in [3.63, 3.8) is 0 Å². The lowest BCUT2D eigenvalue weighted by Gasteiger charge is -2.23. The predicted octanol–water partition coefficient (Wildman–Crippen LogP) is 2.67. The summed E-state index contributed by atoms with van der Waals surface area (Å²) in [6.07, 6.45) is 0. The summed E-state index contributed by atoms with van der Waals surface area (Å²) >= 11 is 1.70. The van der Waals surface area contributed by atoms with Crippen molar-refractivity contribution in [2.45, 2.75) is 13.0 Å². The summed E-state index contributed by atoms with van der Waals surface area (Å²) in [5, 5.41) is 5.06. The summed E-state index contributed by atoms with van der Waals surface area (Å²) in [6.45, 7) is 2.48. The summed E-state index contributed by atoms with van der Waals surface area (Å²) in [5.74, 6) is -0.0804. The van der Waals surface area contributed by atoms with Crippen molar-refractivity contribution < 1.29 is 4.79 Å². The second kappa shape index (κ2) is 6.74. The molecule has 0 spiro atoms. The minimum atomic E-state index is -0.0804. The van der Waals surface area contributed by atoms with Gasteiger partial charge in [-0.25, -0.2) is 0 Å². The molecule has 1 aromatic heterocycles. The van der Waals surface area contributed by atoms with E-state index in [-0.39, 0.29) is 11.9 Å². The molecule has 0 fully saturated rings. The smallest absolute Gasteiger partial charge is 0.251 e. The molecule has 4 nitrogen and oxygen atoms in total. The standard InChI is InChI=1S/C16H21N3OS/c1-11-6-7-12(17)9-13(11)16(20)18-10-14(19(2)3)15-5-4-8-21-15/h4-9,14H,10,17H2,1-3H3,(H,18,20). The maximum Gasteiger partial charge on any atom is 0.251 e. The highest BCUT2D eigenvalue weighted by Crippen LogP contribution is 2.22. The number of nitrogen functional groups attached to an aromatic ring is 1. The van der Waals surface area contributed by atoms with Crippen LogP contribution in [0, 0.1) is 6.92 Å². The van der Waals surface area contributed by atoms with Crippen molar-refractivity contribution >= 4 is 22.9 Å². The van der Waals surface area contributed by atoms with Crippen LogP contribution in [0.15, 0.2) is 35.7 Å². The number of thiophene rings is 1. The van der Waals surface area contributed by atoms with Gasteiger partial charge in [0.25, 0.3) is 5.91 Å². The number of amides is 1. The number of nitrogens with one attached hydrogen (secondary N) is 1. The van der Waals surface area contributed by atoms with Gasteiger partial charge >= 0.3 is 0 Å². The van der Waals surface area contributed by atoms with Gasteiger partial charge < -0.3 is 16.0 Å². The Labute approximate surface area is 129 Å². The molecule has 0 radical (unpaired) electrons. The highest BCUT2D eigenvalue weighted by molar-refractivity contribution is 7.10. The van der Waals surface area contributed by atoms with Crippen LogP contribution in [0.1, 0.15) is 26.8 Å². The second-order valence-corrected chi connectivity index (χ2v) is 6.26. The average Bonchev–Trinajstić information content (AvgIpc) is 2.95. The van der Waals surface area contributed by atoms with Gasteiger partial charge in [-0.15, -0.1) is 11.3 Å². The van der Waals surface area contributed by atoms with Crippen LogP contribution in [0.4, 0.5) is 5.69 Å². The van der Waals surface area contributed by atoms with Crippen LogP contribution in [0.25, 0.3) is 0 Å². The van der Waals surface area contributed by atoms with Crippen molar-refractivity contribution in [1.29, 1.82) is 0 Å². The van der Waals surface area contributed by atoms with E-state index in [1.165, 1.54) is 4.88 Å². The number of carbonyl (C=O) groups excluding carboxylic acids is 1. The fourth-order valence-corrected chi connectivity index (χ4v) is 3.11. The predicted molar refractivity (Wildman–Crippen MR) is 88.7 cm³/mol. The van der Waals surface area contributed by atoms with Gasteiger partial charge in [0, 0.05) is 22.7 Å². The van der Waals surface area contributed by atoms with E-state index in [1.54, 1.807) is 23.5 Å². The van der Waals surface area contributed by atoms with E-state index in [9.17, 15) is 4.79 Å². The number of nitrogens with zero attached hydrogens (tertiary/aromatic N) is 1. The first-order valence-corrected chi connectivity index (χ1v) is 7.71. The number of anilines is 1. The zero-order chi connectivity index (χ0) is 15.4. The Kier molecular flexibility index (Phi) is 4.98. The first kappa shape index (κ1) is 15.5. The van der Waals surface area contributed by atoms with Gasteiger partial charge in [0.2, 0.25) is 0 Å². The number of benzene rings is 1. The van der Waals surface area contributed by atoms with Crippen LogP contribution >= 0.6 is 11.3 Å². The van der Waals surface area contributed by atoms with Gasteiger partial charge in [-0.1, -0.05) is 12.1 Å². The topological polar surface area (TPSA) is 58.4 Å². The Balaban J connectivity index is 2.07. The average molecular weight is 303 g/mol. The van der Waals surface area contributed by atoms with Crippen molar-refractivity contribution in [3.05, 3.63) is 51.7 Å². The van der Waals surface area contributed by atoms with E-state index in [0.29, 0.717) is 17.8 Å².